The molecule has 216 valence electrons. The van der Waals surface area contributed by atoms with Crippen LogP contribution < -0.4 is 0 Å². The Morgan fingerprint density at radius 2 is 0.950 bits per heavy atom. The number of ketones is 2. The third-order valence-corrected chi connectivity index (χ3v) is 5.96. The van der Waals surface area contributed by atoms with Crippen LogP contribution in [0.3, 0.4) is 0 Å². The molecule has 0 aromatic heterocycles. The number of ether oxygens (including phenoxy) is 2. The van der Waals surface area contributed by atoms with Crippen molar-refractivity contribution in [1.29, 1.82) is 0 Å². The lowest BCUT2D eigenvalue weighted by atomic mass is 9.99. The number of hydrogen-bond donors (Lipinski definition) is 0. The van der Waals surface area contributed by atoms with E-state index in [0.717, 1.165) is 23.7 Å². The summed E-state index contributed by atoms with van der Waals surface area (Å²) in [4.78, 5) is 58.6. The molecule has 0 heterocycles. The van der Waals surface area contributed by atoms with Gasteiger partial charge in [0.1, 0.15) is 23.7 Å². The maximum absolute atomic E-state index is 12.6. The SMILES string of the molecule is C/C(=C\OOC(C)(C)c1ccccc1)C(=O)C(C)OC(=O)OC(C)C(=O)/C(C)=C/OOC(C)(C)c1ccccc1. The highest BCUT2D eigenvalue weighted by molar-refractivity contribution is 5.99. The van der Waals surface area contributed by atoms with E-state index in [1.54, 1.807) is 0 Å². The molecule has 0 aliphatic heterocycles. The molecule has 2 unspecified atom stereocenters. The number of hydrogen-bond acceptors (Lipinski definition) is 9. The van der Waals surface area contributed by atoms with Crippen molar-refractivity contribution in [3.63, 3.8) is 0 Å². The molecule has 0 saturated carbocycles. The average molecular weight is 555 g/mol. The molecule has 0 radical (unpaired) electrons. The smallest absolute Gasteiger partial charge is 0.423 e. The summed E-state index contributed by atoms with van der Waals surface area (Å²) < 4.78 is 10.1. The second-order valence-corrected chi connectivity index (χ2v) is 10.2. The maximum atomic E-state index is 12.6. The Bertz CT molecular complexity index is 1100. The first kappa shape index (κ1) is 32.3. The number of carbonyl (C=O) groups is 3. The van der Waals surface area contributed by atoms with Crippen LogP contribution in [0.15, 0.2) is 84.3 Å². The normalized spacial score (nSPS) is 14.1. The van der Waals surface area contributed by atoms with Crippen LogP contribution in [-0.2, 0) is 49.8 Å². The molecule has 0 aliphatic carbocycles. The van der Waals surface area contributed by atoms with Gasteiger partial charge in [-0.3, -0.25) is 9.59 Å². The van der Waals surface area contributed by atoms with E-state index in [1.165, 1.54) is 27.7 Å². The zero-order chi connectivity index (χ0) is 29.9. The lowest BCUT2D eigenvalue weighted by Crippen LogP contribution is -2.30. The molecule has 0 spiro atoms. The number of carbonyl (C=O) groups excluding carboxylic acids is 3. The van der Waals surface area contributed by atoms with Crippen LogP contribution in [0.2, 0.25) is 0 Å². The van der Waals surface area contributed by atoms with Gasteiger partial charge >= 0.3 is 6.16 Å². The minimum absolute atomic E-state index is 0.155. The predicted octanol–water partition coefficient (Wildman–Crippen LogP) is 6.63. The molecule has 2 rings (SSSR count). The first-order valence-corrected chi connectivity index (χ1v) is 12.8. The van der Waals surface area contributed by atoms with Crippen molar-refractivity contribution in [3.05, 3.63) is 95.5 Å². The van der Waals surface area contributed by atoms with Crippen molar-refractivity contribution < 1.29 is 43.4 Å². The molecule has 0 amide bonds. The van der Waals surface area contributed by atoms with E-state index >= 15 is 0 Å². The molecular formula is C31H38O9. The van der Waals surface area contributed by atoms with E-state index in [-0.39, 0.29) is 11.1 Å². The highest BCUT2D eigenvalue weighted by Gasteiger charge is 2.27. The summed E-state index contributed by atoms with van der Waals surface area (Å²) in [6, 6.07) is 18.9. The summed E-state index contributed by atoms with van der Waals surface area (Å²) in [6.07, 6.45) is -1.28. The van der Waals surface area contributed by atoms with Crippen LogP contribution in [0.4, 0.5) is 4.79 Å². The quantitative estimate of drug-likeness (QED) is 0.0836. The Morgan fingerprint density at radius 3 is 1.27 bits per heavy atom. The van der Waals surface area contributed by atoms with Crippen LogP contribution in [0.25, 0.3) is 0 Å². The molecule has 2 aromatic carbocycles. The zero-order valence-corrected chi connectivity index (χ0v) is 24.3. The van der Waals surface area contributed by atoms with Gasteiger partial charge in [0.05, 0.1) is 0 Å². The minimum atomic E-state index is -1.19. The molecule has 0 saturated heterocycles. The van der Waals surface area contributed by atoms with E-state index in [9.17, 15) is 14.4 Å². The Labute approximate surface area is 235 Å². The third kappa shape index (κ3) is 9.66. The van der Waals surface area contributed by atoms with Crippen LogP contribution >= 0.6 is 0 Å². The summed E-state index contributed by atoms with van der Waals surface area (Å²) in [5, 5.41) is 0. The van der Waals surface area contributed by atoms with E-state index in [2.05, 4.69) is 0 Å². The second kappa shape index (κ2) is 14.4. The van der Waals surface area contributed by atoms with Gasteiger partial charge in [0, 0.05) is 11.1 Å². The van der Waals surface area contributed by atoms with E-state index in [1.807, 2.05) is 88.4 Å². The molecule has 9 nitrogen and oxygen atoms in total. The monoisotopic (exact) mass is 554 g/mol. The molecule has 40 heavy (non-hydrogen) atoms. The first-order valence-electron chi connectivity index (χ1n) is 12.8. The first-order chi connectivity index (χ1) is 18.7. The molecule has 0 N–H and O–H groups in total. The summed E-state index contributed by atoms with van der Waals surface area (Å²) in [6.45, 7) is 13.0. The Morgan fingerprint density at radius 1 is 0.625 bits per heavy atom. The van der Waals surface area contributed by atoms with Crippen LogP contribution in [-0.4, -0.2) is 29.9 Å². The van der Waals surface area contributed by atoms with Gasteiger partial charge in [-0.25, -0.2) is 4.79 Å². The van der Waals surface area contributed by atoms with Gasteiger partial charge in [0.15, 0.2) is 12.2 Å². The largest absolute Gasteiger partial charge is 0.509 e. The van der Waals surface area contributed by atoms with Gasteiger partial charge in [-0.1, -0.05) is 60.7 Å². The fourth-order valence-electron chi connectivity index (χ4n) is 3.39. The molecular weight excluding hydrogens is 516 g/mol. The van der Waals surface area contributed by atoms with Gasteiger partial charge in [0.2, 0.25) is 11.6 Å². The lowest BCUT2D eigenvalue weighted by molar-refractivity contribution is -0.321. The summed E-state index contributed by atoms with van der Waals surface area (Å²) in [7, 11) is 0. The van der Waals surface area contributed by atoms with Gasteiger partial charge in [-0.2, -0.15) is 9.78 Å². The summed E-state index contributed by atoms with van der Waals surface area (Å²) >= 11 is 0. The third-order valence-electron chi connectivity index (χ3n) is 5.96. The van der Waals surface area contributed by atoms with Crippen molar-refractivity contribution >= 4 is 17.7 Å². The highest BCUT2D eigenvalue weighted by atomic mass is 17.2. The fourth-order valence-corrected chi connectivity index (χ4v) is 3.39. The average Bonchev–Trinajstić information content (AvgIpc) is 2.92. The van der Waals surface area contributed by atoms with Crippen LogP contribution in [0, 0.1) is 0 Å². The zero-order valence-electron chi connectivity index (χ0n) is 24.3. The molecule has 2 atom stereocenters. The Balaban J connectivity index is 1.82. The van der Waals surface area contributed by atoms with Crippen molar-refractivity contribution in [1.82, 2.24) is 0 Å². The topological polar surface area (TPSA) is 107 Å². The molecule has 2 aromatic rings. The van der Waals surface area contributed by atoms with Crippen LogP contribution in [0.5, 0.6) is 0 Å². The Hall–Kier alpha value is -3.95. The predicted molar refractivity (Wildman–Crippen MR) is 147 cm³/mol. The number of benzene rings is 2. The molecule has 0 aliphatic rings. The maximum Gasteiger partial charge on any atom is 0.509 e. The molecule has 0 fully saturated rings. The summed E-state index contributed by atoms with van der Waals surface area (Å²) in [5.41, 5.74) is 0.548. The molecule has 0 bridgehead atoms. The van der Waals surface area contributed by atoms with E-state index in [4.69, 9.17) is 29.0 Å². The minimum Gasteiger partial charge on any atom is -0.423 e. The van der Waals surface area contributed by atoms with Crippen molar-refractivity contribution in [3.8, 4) is 0 Å². The van der Waals surface area contributed by atoms with Crippen molar-refractivity contribution in [2.75, 3.05) is 0 Å². The van der Waals surface area contributed by atoms with Gasteiger partial charge < -0.3 is 19.2 Å². The second-order valence-electron chi connectivity index (χ2n) is 10.2. The lowest BCUT2D eigenvalue weighted by Gasteiger charge is -2.23. The van der Waals surface area contributed by atoms with Crippen LogP contribution in [0.1, 0.15) is 66.5 Å². The van der Waals surface area contributed by atoms with Crippen molar-refractivity contribution in [2.24, 2.45) is 0 Å². The standard InChI is InChI=1S/C31H38O9/c1-21(19-35-39-30(5,6)25-15-11-9-12-16-25)27(32)23(3)37-29(34)38-24(4)28(33)22(2)20-36-40-31(7,8)26-17-13-10-14-18-26/h9-20,23-24H,1-8H3/b21-19+,22-20+. The number of rotatable bonds is 14. The fraction of sp³-hybridized carbons (Fsp3) is 0.387. The number of Topliss-reactive ketones (excluding diaryl/α,β-unsaturated/α-hetero) is 2. The van der Waals surface area contributed by atoms with Gasteiger partial charge in [0.25, 0.3) is 0 Å². The highest BCUT2D eigenvalue weighted by Crippen LogP contribution is 2.26. The van der Waals surface area contributed by atoms with Gasteiger partial charge in [-0.05, 0) is 66.5 Å². The van der Waals surface area contributed by atoms with Gasteiger partial charge in [-0.15, -0.1) is 0 Å². The van der Waals surface area contributed by atoms with Crippen molar-refractivity contribution in [2.45, 2.75) is 78.8 Å². The van der Waals surface area contributed by atoms with E-state index < -0.39 is 41.1 Å². The van der Waals surface area contributed by atoms with E-state index in [0.29, 0.717) is 0 Å². The Kier molecular flexibility index (Phi) is 11.6. The summed E-state index contributed by atoms with van der Waals surface area (Å²) in [5.74, 6) is -1.06. The molecule has 9 heteroatoms.